The Morgan fingerprint density at radius 2 is 1.74 bits per heavy atom. The van der Waals surface area contributed by atoms with E-state index in [1.54, 1.807) is 0 Å². The topological polar surface area (TPSA) is 42.7 Å². The Bertz CT molecular complexity index is 963. The first-order chi connectivity index (χ1) is 12.7. The molecule has 1 N–H and O–H groups in total. The van der Waals surface area contributed by atoms with Crippen molar-refractivity contribution < 1.29 is 26.3 Å². The third-order valence-electron chi connectivity index (χ3n) is 3.81. The zero-order chi connectivity index (χ0) is 19.8. The summed E-state index contributed by atoms with van der Waals surface area (Å²) in [5.74, 6) is -3.17. The van der Waals surface area contributed by atoms with Gasteiger partial charge >= 0.3 is 6.18 Å². The van der Waals surface area contributed by atoms with E-state index in [-0.39, 0.29) is 18.1 Å². The van der Waals surface area contributed by atoms with Gasteiger partial charge in [-0.3, -0.25) is 4.68 Å². The summed E-state index contributed by atoms with van der Waals surface area (Å²) >= 11 is 0. The minimum Gasteiger partial charge on any atom is -0.366 e. The molecule has 0 aliphatic rings. The molecule has 1 aromatic carbocycles. The lowest BCUT2D eigenvalue weighted by Crippen LogP contribution is -2.07. The molecule has 0 spiro atoms. The van der Waals surface area contributed by atoms with E-state index in [9.17, 15) is 26.3 Å². The molecule has 27 heavy (non-hydrogen) atoms. The summed E-state index contributed by atoms with van der Waals surface area (Å²) in [4.78, 5) is 3.99. The summed E-state index contributed by atoms with van der Waals surface area (Å²) in [6.07, 6.45) is -3.28. The monoisotopic (exact) mass is 386 g/mol. The molecule has 0 saturated carbocycles. The summed E-state index contributed by atoms with van der Waals surface area (Å²) < 4.78 is 79.6. The first-order valence-corrected chi connectivity index (χ1v) is 7.60. The number of nitrogens with zero attached hydrogens (tertiary/aromatic N) is 3. The molecule has 0 radical (unpaired) electrons. The molecular weight excluding hydrogens is 374 g/mol. The van der Waals surface area contributed by atoms with Crippen molar-refractivity contribution in [2.45, 2.75) is 12.7 Å². The standard InChI is InChI=1S/C17H12F6N4/c1-27-13(6-14(26-27)17(21,22)23)9-2-5-15(24-7-9)25-8-10-11(18)3-4-12(19)16(10)20/h2-7H,8H2,1H3,(H,24,25). The molecule has 2 heterocycles. The highest BCUT2D eigenvalue weighted by molar-refractivity contribution is 5.60. The van der Waals surface area contributed by atoms with Gasteiger partial charge in [-0.2, -0.15) is 18.3 Å². The highest BCUT2D eigenvalue weighted by Crippen LogP contribution is 2.31. The SMILES string of the molecule is Cn1nc(C(F)(F)F)cc1-c1ccc(NCc2c(F)ccc(F)c2F)nc1. The third-order valence-corrected chi connectivity index (χ3v) is 3.81. The predicted molar refractivity (Wildman–Crippen MR) is 85.1 cm³/mol. The molecule has 0 amide bonds. The van der Waals surface area contributed by atoms with Gasteiger partial charge in [0.25, 0.3) is 0 Å². The van der Waals surface area contributed by atoms with Crippen LogP contribution in [0.1, 0.15) is 11.3 Å². The second kappa shape index (κ2) is 6.93. The van der Waals surface area contributed by atoms with Crippen molar-refractivity contribution in [1.29, 1.82) is 0 Å². The molecule has 142 valence electrons. The normalized spacial score (nSPS) is 11.7. The van der Waals surface area contributed by atoms with E-state index in [2.05, 4.69) is 15.4 Å². The van der Waals surface area contributed by atoms with Gasteiger partial charge in [0, 0.05) is 30.9 Å². The number of rotatable bonds is 4. The largest absolute Gasteiger partial charge is 0.435 e. The fourth-order valence-corrected chi connectivity index (χ4v) is 2.44. The van der Waals surface area contributed by atoms with Gasteiger partial charge in [0.15, 0.2) is 17.3 Å². The average Bonchev–Trinajstić information content (AvgIpc) is 3.01. The summed E-state index contributed by atoms with van der Waals surface area (Å²) in [5, 5.41) is 6.05. The molecule has 3 rings (SSSR count). The van der Waals surface area contributed by atoms with Crippen molar-refractivity contribution in [3.05, 3.63) is 65.2 Å². The number of alkyl halides is 3. The van der Waals surface area contributed by atoms with E-state index in [0.29, 0.717) is 11.6 Å². The van der Waals surface area contributed by atoms with E-state index in [4.69, 9.17) is 0 Å². The van der Waals surface area contributed by atoms with Crippen LogP contribution in [0, 0.1) is 17.5 Å². The van der Waals surface area contributed by atoms with Crippen LogP contribution in [0.3, 0.4) is 0 Å². The molecule has 0 atom stereocenters. The Morgan fingerprint density at radius 3 is 2.33 bits per heavy atom. The third kappa shape index (κ3) is 3.88. The van der Waals surface area contributed by atoms with Gasteiger partial charge in [-0.25, -0.2) is 18.2 Å². The molecule has 0 bridgehead atoms. The fourth-order valence-electron chi connectivity index (χ4n) is 2.44. The van der Waals surface area contributed by atoms with E-state index in [1.807, 2.05) is 0 Å². The zero-order valence-electron chi connectivity index (χ0n) is 13.8. The fraction of sp³-hybridized carbons (Fsp3) is 0.176. The van der Waals surface area contributed by atoms with Crippen LogP contribution in [0.5, 0.6) is 0 Å². The molecule has 0 aliphatic carbocycles. The van der Waals surface area contributed by atoms with Crippen LogP contribution in [0.4, 0.5) is 32.2 Å². The Balaban J connectivity index is 1.77. The number of benzene rings is 1. The first kappa shape index (κ1) is 18.7. The molecule has 0 saturated heterocycles. The van der Waals surface area contributed by atoms with E-state index >= 15 is 0 Å². The van der Waals surface area contributed by atoms with Crippen molar-refractivity contribution in [1.82, 2.24) is 14.8 Å². The van der Waals surface area contributed by atoms with Crippen molar-refractivity contribution >= 4 is 5.82 Å². The quantitative estimate of drug-likeness (QED) is 0.529. The Kier molecular flexibility index (Phi) is 4.81. The smallest absolute Gasteiger partial charge is 0.366 e. The highest BCUT2D eigenvalue weighted by Gasteiger charge is 2.34. The van der Waals surface area contributed by atoms with Gasteiger partial charge < -0.3 is 5.32 Å². The number of pyridine rings is 1. The number of aromatic nitrogens is 3. The van der Waals surface area contributed by atoms with E-state index < -0.39 is 34.9 Å². The maximum absolute atomic E-state index is 13.6. The molecule has 10 heteroatoms. The van der Waals surface area contributed by atoms with Crippen molar-refractivity contribution in [2.75, 3.05) is 5.32 Å². The minimum atomic E-state index is -4.57. The minimum absolute atomic E-state index is 0.198. The highest BCUT2D eigenvalue weighted by atomic mass is 19.4. The number of halogens is 6. The average molecular weight is 386 g/mol. The second-order valence-electron chi connectivity index (χ2n) is 5.64. The molecule has 4 nitrogen and oxygen atoms in total. The Labute approximate surface area is 149 Å². The lowest BCUT2D eigenvalue weighted by Gasteiger charge is -2.09. The lowest BCUT2D eigenvalue weighted by molar-refractivity contribution is -0.141. The molecule has 3 aromatic rings. The number of aryl methyl sites for hydroxylation is 1. The van der Waals surface area contributed by atoms with Gasteiger partial charge in [0.05, 0.1) is 5.69 Å². The van der Waals surface area contributed by atoms with Gasteiger partial charge in [-0.1, -0.05) is 0 Å². The Morgan fingerprint density at radius 1 is 1.04 bits per heavy atom. The number of nitrogens with one attached hydrogen (secondary N) is 1. The van der Waals surface area contributed by atoms with Crippen LogP contribution in [-0.4, -0.2) is 14.8 Å². The first-order valence-electron chi connectivity index (χ1n) is 7.60. The summed E-state index contributed by atoms with van der Waals surface area (Å²) in [7, 11) is 1.37. The number of hydrogen-bond donors (Lipinski definition) is 1. The van der Waals surface area contributed by atoms with Gasteiger partial charge in [0.1, 0.15) is 11.6 Å². The molecule has 0 fully saturated rings. The predicted octanol–water partition coefficient (Wildman–Crippen LogP) is 4.53. The zero-order valence-corrected chi connectivity index (χ0v) is 13.8. The van der Waals surface area contributed by atoms with E-state index in [0.717, 1.165) is 16.8 Å². The van der Waals surface area contributed by atoms with Crippen molar-refractivity contribution in [2.24, 2.45) is 7.05 Å². The van der Waals surface area contributed by atoms with Gasteiger partial charge in [-0.15, -0.1) is 0 Å². The summed E-state index contributed by atoms with van der Waals surface area (Å²) in [6.45, 7) is -0.355. The summed E-state index contributed by atoms with van der Waals surface area (Å²) in [5.41, 5.74) is -0.945. The number of hydrogen-bond acceptors (Lipinski definition) is 3. The maximum Gasteiger partial charge on any atom is 0.435 e. The van der Waals surface area contributed by atoms with Crippen LogP contribution in [0.2, 0.25) is 0 Å². The lowest BCUT2D eigenvalue weighted by atomic mass is 10.2. The number of anilines is 1. The van der Waals surface area contributed by atoms with Crippen LogP contribution < -0.4 is 5.32 Å². The van der Waals surface area contributed by atoms with E-state index in [1.165, 1.54) is 25.4 Å². The van der Waals surface area contributed by atoms with Crippen LogP contribution in [0.15, 0.2) is 36.5 Å². The molecule has 0 aliphatic heterocycles. The van der Waals surface area contributed by atoms with Crippen LogP contribution >= 0.6 is 0 Å². The van der Waals surface area contributed by atoms with Crippen LogP contribution in [-0.2, 0) is 19.8 Å². The Hall–Kier alpha value is -3.04. The van der Waals surface area contributed by atoms with Crippen LogP contribution in [0.25, 0.3) is 11.3 Å². The van der Waals surface area contributed by atoms with Crippen molar-refractivity contribution in [3.63, 3.8) is 0 Å². The van der Waals surface area contributed by atoms with Crippen molar-refractivity contribution in [3.8, 4) is 11.3 Å². The molecule has 0 unspecified atom stereocenters. The second-order valence-corrected chi connectivity index (χ2v) is 5.64. The van der Waals surface area contributed by atoms with Gasteiger partial charge in [0.2, 0.25) is 0 Å². The molecule has 2 aromatic heterocycles. The maximum atomic E-state index is 13.6. The summed E-state index contributed by atoms with van der Waals surface area (Å²) in [6, 6.07) is 5.29. The molecular formula is C17H12F6N4. The van der Waals surface area contributed by atoms with Gasteiger partial charge in [-0.05, 0) is 30.3 Å².